The van der Waals surface area contributed by atoms with Gasteiger partial charge in [0.2, 0.25) is 5.69 Å². The summed E-state index contributed by atoms with van der Waals surface area (Å²) in [5.74, 6) is -0.0953. The second-order valence-electron chi connectivity index (χ2n) is 6.59. The van der Waals surface area contributed by atoms with E-state index in [0.717, 1.165) is 22.4 Å². The maximum Gasteiger partial charge on any atom is 0.220 e. The van der Waals surface area contributed by atoms with Crippen LogP contribution in [0.3, 0.4) is 0 Å². The molecule has 3 rings (SSSR count). The van der Waals surface area contributed by atoms with Gasteiger partial charge in [0.15, 0.2) is 5.69 Å². The molecule has 0 radical (unpaired) electrons. The first-order chi connectivity index (χ1) is 10.8. The monoisotopic (exact) mass is 308 g/mol. The third-order valence-corrected chi connectivity index (χ3v) is 4.95. The number of aromatic nitrogens is 1. The first-order valence-corrected chi connectivity index (χ1v) is 7.98. The normalized spacial score (nSPS) is 11.3. The Bertz CT molecular complexity index is 939. The SMILES string of the molecule is Cc1ccc2cc(C)[n+](C)c(-c3cc(C)c(F)c(C)c3C)c2c1. The maximum atomic E-state index is 14.2. The Labute approximate surface area is 137 Å². The van der Waals surface area contributed by atoms with E-state index in [2.05, 4.69) is 49.7 Å². The molecule has 2 heteroatoms. The predicted molar refractivity (Wildman–Crippen MR) is 94.2 cm³/mol. The number of fused-ring (bicyclic) bond motifs is 1. The predicted octanol–water partition coefficient (Wildman–Crippen LogP) is 5.01. The van der Waals surface area contributed by atoms with Crippen LogP contribution in [0, 0.1) is 40.4 Å². The smallest absolute Gasteiger partial charge is 0.206 e. The second-order valence-corrected chi connectivity index (χ2v) is 6.59. The molecule has 0 N–H and O–H groups in total. The minimum absolute atomic E-state index is 0.0953. The van der Waals surface area contributed by atoms with Crippen LogP contribution in [-0.2, 0) is 7.05 Å². The minimum atomic E-state index is -0.0953. The van der Waals surface area contributed by atoms with Gasteiger partial charge < -0.3 is 0 Å². The molecule has 0 aliphatic carbocycles. The van der Waals surface area contributed by atoms with Crippen molar-refractivity contribution < 1.29 is 8.96 Å². The zero-order valence-electron chi connectivity index (χ0n) is 14.7. The van der Waals surface area contributed by atoms with Gasteiger partial charge in [-0.1, -0.05) is 17.7 Å². The van der Waals surface area contributed by atoms with Gasteiger partial charge in [-0.2, -0.15) is 4.57 Å². The number of hydrogen-bond donors (Lipinski definition) is 0. The zero-order chi connectivity index (χ0) is 16.9. The molecule has 1 nitrogen and oxygen atoms in total. The lowest BCUT2D eigenvalue weighted by atomic mass is 9.93. The van der Waals surface area contributed by atoms with Crippen LogP contribution in [0.2, 0.25) is 0 Å². The number of benzene rings is 2. The Morgan fingerprint density at radius 1 is 0.870 bits per heavy atom. The lowest BCUT2D eigenvalue weighted by Crippen LogP contribution is -2.35. The summed E-state index contributed by atoms with van der Waals surface area (Å²) in [6.45, 7) is 9.94. The van der Waals surface area contributed by atoms with Crippen LogP contribution < -0.4 is 4.57 Å². The summed E-state index contributed by atoms with van der Waals surface area (Å²) in [5, 5.41) is 2.44. The van der Waals surface area contributed by atoms with Crippen molar-refractivity contribution in [2.75, 3.05) is 0 Å². The molecule has 0 aliphatic rings. The molecule has 1 heterocycles. The van der Waals surface area contributed by atoms with Crippen molar-refractivity contribution in [1.82, 2.24) is 0 Å². The van der Waals surface area contributed by atoms with Crippen LogP contribution in [-0.4, -0.2) is 0 Å². The number of nitrogens with zero attached hydrogens (tertiary/aromatic N) is 1. The average Bonchev–Trinajstić information content (AvgIpc) is 2.51. The number of hydrogen-bond acceptors (Lipinski definition) is 0. The highest BCUT2D eigenvalue weighted by Crippen LogP contribution is 2.32. The van der Waals surface area contributed by atoms with Crippen molar-refractivity contribution in [3.05, 3.63) is 64.1 Å². The van der Waals surface area contributed by atoms with E-state index in [1.807, 2.05) is 26.8 Å². The average molecular weight is 308 g/mol. The fraction of sp³-hybridized carbons (Fsp3) is 0.286. The van der Waals surface area contributed by atoms with E-state index >= 15 is 0 Å². The molecule has 0 bridgehead atoms. The van der Waals surface area contributed by atoms with E-state index < -0.39 is 0 Å². The standard InChI is InChI=1S/C21H23FN/c1-12-7-8-17-11-14(3)23(6)21(19(17)9-12)18-10-13(2)20(22)16(5)15(18)4/h7-11H,1-6H3/q+1. The quantitative estimate of drug-likeness (QED) is 0.556. The van der Waals surface area contributed by atoms with E-state index in [-0.39, 0.29) is 5.82 Å². The summed E-state index contributed by atoms with van der Waals surface area (Å²) in [6, 6.07) is 10.7. The van der Waals surface area contributed by atoms with E-state index in [1.165, 1.54) is 22.0 Å². The topological polar surface area (TPSA) is 3.88 Å². The summed E-state index contributed by atoms with van der Waals surface area (Å²) < 4.78 is 16.4. The number of aryl methyl sites for hydroxylation is 3. The Morgan fingerprint density at radius 3 is 2.26 bits per heavy atom. The maximum absolute atomic E-state index is 14.2. The van der Waals surface area contributed by atoms with Crippen LogP contribution in [0.5, 0.6) is 0 Å². The van der Waals surface area contributed by atoms with Crippen LogP contribution >= 0.6 is 0 Å². The Morgan fingerprint density at radius 2 is 1.57 bits per heavy atom. The number of halogens is 1. The van der Waals surface area contributed by atoms with Crippen LogP contribution in [0.25, 0.3) is 22.0 Å². The lowest BCUT2D eigenvalue weighted by molar-refractivity contribution is -0.665. The van der Waals surface area contributed by atoms with Gasteiger partial charge in [0.05, 0.1) is 10.9 Å². The van der Waals surface area contributed by atoms with E-state index in [9.17, 15) is 4.39 Å². The molecule has 118 valence electrons. The summed E-state index contributed by atoms with van der Waals surface area (Å²) in [7, 11) is 2.08. The third-order valence-electron chi connectivity index (χ3n) is 4.95. The van der Waals surface area contributed by atoms with Crippen LogP contribution in [0.4, 0.5) is 4.39 Å². The van der Waals surface area contributed by atoms with Gasteiger partial charge >= 0.3 is 0 Å². The van der Waals surface area contributed by atoms with Crippen molar-refractivity contribution in [1.29, 1.82) is 0 Å². The first-order valence-electron chi connectivity index (χ1n) is 7.98. The molecule has 0 atom stereocenters. The van der Waals surface area contributed by atoms with E-state index in [4.69, 9.17) is 0 Å². The molecule has 0 unspecified atom stereocenters. The van der Waals surface area contributed by atoms with Crippen molar-refractivity contribution in [2.45, 2.75) is 34.6 Å². The fourth-order valence-electron chi connectivity index (χ4n) is 3.30. The number of pyridine rings is 1. The second kappa shape index (κ2) is 5.45. The molecule has 0 saturated heterocycles. The van der Waals surface area contributed by atoms with Crippen molar-refractivity contribution >= 4 is 10.8 Å². The van der Waals surface area contributed by atoms with Crippen molar-refractivity contribution in [3.63, 3.8) is 0 Å². The molecule has 0 aliphatic heterocycles. The highest BCUT2D eigenvalue weighted by molar-refractivity contribution is 5.94. The van der Waals surface area contributed by atoms with Crippen LogP contribution in [0.15, 0.2) is 30.3 Å². The summed E-state index contributed by atoms with van der Waals surface area (Å²) in [6.07, 6.45) is 0. The first kappa shape index (κ1) is 15.7. The molecule has 0 amide bonds. The summed E-state index contributed by atoms with van der Waals surface area (Å²) in [4.78, 5) is 0. The summed E-state index contributed by atoms with van der Waals surface area (Å²) >= 11 is 0. The van der Waals surface area contributed by atoms with E-state index in [1.54, 1.807) is 0 Å². The van der Waals surface area contributed by atoms with Gasteiger partial charge in [-0.15, -0.1) is 0 Å². The molecular formula is C21H23FN+. The lowest BCUT2D eigenvalue weighted by Gasteiger charge is -2.14. The van der Waals surface area contributed by atoms with Crippen molar-refractivity contribution in [2.24, 2.45) is 7.05 Å². The molecule has 0 spiro atoms. The van der Waals surface area contributed by atoms with Gasteiger partial charge in [0.1, 0.15) is 12.9 Å². The van der Waals surface area contributed by atoms with Gasteiger partial charge in [-0.3, -0.25) is 0 Å². The highest BCUT2D eigenvalue weighted by atomic mass is 19.1. The highest BCUT2D eigenvalue weighted by Gasteiger charge is 2.22. The Kier molecular flexibility index (Phi) is 3.71. The fourth-order valence-corrected chi connectivity index (χ4v) is 3.30. The molecular weight excluding hydrogens is 285 g/mol. The van der Waals surface area contributed by atoms with Crippen molar-refractivity contribution in [3.8, 4) is 11.3 Å². The van der Waals surface area contributed by atoms with Gasteiger partial charge in [0.25, 0.3) is 0 Å². The largest absolute Gasteiger partial charge is 0.220 e. The Balaban J connectivity index is 2.50. The van der Waals surface area contributed by atoms with Gasteiger partial charge in [-0.05, 0) is 61.9 Å². The van der Waals surface area contributed by atoms with Gasteiger partial charge in [-0.25, -0.2) is 4.39 Å². The third kappa shape index (κ3) is 2.42. The van der Waals surface area contributed by atoms with E-state index in [0.29, 0.717) is 5.56 Å². The molecule has 3 aromatic rings. The molecule has 23 heavy (non-hydrogen) atoms. The molecule has 0 saturated carbocycles. The molecule has 2 aromatic carbocycles. The minimum Gasteiger partial charge on any atom is -0.206 e. The molecule has 1 aromatic heterocycles. The molecule has 0 fully saturated rings. The Hall–Kier alpha value is -2.22. The summed E-state index contributed by atoms with van der Waals surface area (Å²) in [5.41, 5.74) is 7.15. The number of rotatable bonds is 1. The van der Waals surface area contributed by atoms with Crippen LogP contribution in [0.1, 0.15) is 27.9 Å². The zero-order valence-corrected chi connectivity index (χ0v) is 14.7. The van der Waals surface area contributed by atoms with Gasteiger partial charge in [0, 0.05) is 13.0 Å².